The van der Waals surface area contributed by atoms with Crippen molar-refractivity contribution in [3.8, 4) is 5.75 Å². The van der Waals surface area contributed by atoms with Crippen LogP contribution in [0.3, 0.4) is 0 Å². The van der Waals surface area contributed by atoms with Crippen LogP contribution >= 0.6 is 0 Å². The third kappa shape index (κ3) is 2.33. The average Bonchev–Trinajstić information content (AvgIpc) is 2.26. The first-order valence-electron chi connectivity index (χ1n) is 5.39. The van der Waals surface area contributed by atoms with Crippen molar-refractivity contribution in [1.29, 1.82) is 0 Å². The number of aliphatic hydroxyl groups is 1. The Morgan fingerprint density at radius 1 is 1.50 bits per heavy atom. The number of primary amides is 1. The SMILES string of the molecule is NC(=O)CCC1CC(O)c2ccccc2O1. The summed E-state index contributed by atoms with van der Waals surface area (Å²) in [5.41, 5.74) is 5.90. The van der Waals surface area contributed by atoms with E-state index in [2.05, 4.69) is 0 Å². The van der Waals surface area contributed by atoms with Gasteiger partial charge < -0.3 is 15.6 Å². The highest BCUT2D eigenvalue weighted by Crippen LogP contribution is 2.35. The Morgan fingerprint density at radius 2 is 2.25 bits per heavy atom. The molecule has 0 aromatic heterocycles. The van der Waals surface area contributed by atoms with Crippen LogP contribution in [-0.2, 0) is 4.79 Å². The molecule has 1 amide bonds. The number of carbonyl (C=O) groups is 1. The maximum atomic E-state index is 10.7. The van der Waals surface area contributed by atoms with Crippen LogP contribution in [0.5, 0.6) is 5.75 Å². The normalized spacial score (nSPS) is 23.3. The molecule has 16 heavy (non-hydrogen) atoms. The van der Waals surface area contributed by atoms with Crippen LogP contribution < -0.4 is 10.5 Å². The number of hydrogen-bond donors (Lipinski definition) is 2. The van der Waals surface area contributed by atoms with E-state index in [-0.39, 0.29) is 12.0 Å². The van der Waals surface area contributed by atoms with Crippen molar-refractivity contribution in [2.75, 3.05) is 0 Å². The van der Waals surface area contributed by atoms with Gasteiger partial charge in [0.1, 0.15) is 11.9 Å². The van der Waals surface area contributed by atoms with Crippen molar-refractivity contribution in [1.82, 2.24) is 0 Å². The number of para-hydroxylation sites is 1. The van der Waals surface area contributed by atoms with Crippen LogP contribution in [-0.4, -0.2) is 17.1 Å². The molecular weight excluding hydrogens is 206 g/mol. The van der Waals surface area contributed by atoms with Crippen LogP contribution in [0.1, 0.15) is 30.9 Å². The fourth-order valence-corrected chi connectivity index (χ4v) is 1.95. The lowest BCUT2D eigenvalue weighted by molar-refractivity contribution is -0.118. The Hall–Kier alpha value is -1.55. The van der Waals surface area contributed by atoms with Crippen molar-refractivity contribution in [3.05, 3.63) is 29.8 Å². The molecule has 0 saturated carbocycles. The predicted octanol–water partition coefficient (Wildman–Crippen LogP) is 1.14. The van der Waals surface area contributed by atoms with Gasteiger partial charge in [-0.25, -0.2) is 0 Å². The van der Waals surface area contributed by atoms with Gasteiger partial charge in [0.2, 0.25) is 5.91 Å². The number of hydrogen-bond acceptors (Lipinski definition) is 3. The van der Waals surface area contributed by atoms with E-state index < -0.39 is 6.10 Å². The second kappa shape index (κ2) is 4.53. The summed E-state index contributed by atoms with van der Waals surface area (Å²) < 4.78 is 5.68. The molecule has 1 aromatic rings. The van der Waals surface area contributed by atoms with Crippen molar-refractivity contribution in [2.24, 2.45) is 5.73 Å². The Morgan fingerprint density at radius 3 is 3.00 bits per heavy atom. The number of ether oxygens (including phenoxy) is 1. The highest BCUT2D eigenvalue weighted by atomic mass is 16.5. The average molecular weight is 221 g/mol. The van der Waals surface area contributed by atoms with E-state index in [9.17, 15) is 9.90 Å². The number of nitrogens with two attached hydrogens (primary N) is 1. The number of aliphatic hydroxyl groups excluding tert-OH is 1. The number of fused-ring (bicyclic) bond motifs is 1. The van der Waals surface area contributed by atoms with E-state index in [1.807, 2.05) is 24.3 Å². The van der Waals surface area contributed by atoms with Gasteiger partial charge in [-0.05, 0) is 12.5 Å². The van der Waals surface area contributed by atoms with E-state index in [4.69, 9.17) is 10.5 Å². The first-order chi connectivity index (χ1) is 7.66. The highest BCUT2D eigenvalue weighted by molar-refractivity contribution is 5.73. The van der Waals surface area contributed by atoms with Gasteiger partial charge >= 0.3 is 0 Å². The zero-order chi connectivity index (χ0) is 11.5. The third-order valence-electron chi connectivity index (χ3n) is 2.77. The van der Waals surface area contributed by atoms with E-state index >= 15 is 0 Å². The minimum Gasteiger partial charge on any atom is -0.490 e. The molecule has 1 aliphatic heterocycles. The van der Waals surface area contributed by atoms with Crippen LogP contribution in [0.4, 0.5) is 0 Å². The summed E-state index contributed by atoms with van der Waals surface area (Å²) in [4.78, 5) is 10.7. The number of carbonyl (C=O) groups excluding carboxylic acids is 1. The number of amides is 1. The molecule has 1 heterocycles. The van der Waals surface area contributed by atoms with Crippen molar-refractivity contribution < 1.29 is 14.6 Å². The van der Waals surface area contributed by atoms with Gasteiger partial charge in [-0.15, -0.1) is 0 Å². The molecule has 1 aliphatic rings. The summed E-state index contributed by atoms with van der Waals surface area (Å²) in [5, 5.41) is 9.90. The second-order valence-electron chi connectivity index (χ2n) is 4.03. The van der Waals surface area contributed by atoms with Crippen molar-refractivity contribution >= 4 is 5.91 Å². The molecule has 1 aromatic carbocycles. The minimum absolute atomic E-state index is 0.127. The smallest absolute Gasteiger partial charge is 0.217 e. The molecule has 0 aliphatic carbocycles. The molecule has 2 rings (SSSR count). The molecule has 86 valence electrons. The molecule has 4 nitrogen and oxygen atoms in total. The molecule has 2 unspecified atom stereocenters. The van der Waals surface area contributed by atoms with E-state index in [1.165, 1.54) is 0 Å². The van der Waals surface area contributed by atoms with E-state index in [0.717, 1.165) is 5.56 Å². The van der Waals surface area contributed by atoms with Crippen LogP contribution in [0.15, 0.2) is 24.3 Å². The highest BCUT2D eigenvalue weighted by Gasteiger charge is 2.26. The van der Waals surface area contributed by atoms with Gasteiger partial charge in [0.05, 0.1) is 6.10 Å². The lowest BCUT2D eigenvalue weighted by Crippen LogP contribution is -2.27. The zero-order valence-corrected chi connectivity index (χ0v) is 8.93. The van der Waals surface area contributed by atoms with Gasteiger partial charge in [-0.2, -0.15) is 0 Å². The number of benzene rings is 1. The van der Waals surface area contributed by atoms with Crippen LogP contribution in [0.25, 0.3) is 0 Å². The van der Waals surface area contributed by atoms with Gasteiger partial charge in [0.15, 0.2) is 0 Å². The molecule has 4 heteroatoms. The molecule has 0 spiro atoms. The molecular formula is C12H15NO3. The Bertz CT molecular complexity index is 392. The van der Waals surface area contributed by atoms with Gasteiger partial charge in [0, 0.05) is 18.4 Å². The summed E-state index contributed by atoms with van der Waals surface area (Å²) in [5.74, 6) is 0.368. The first kappa shape index (κ1) is 11.0. The maximum absolute atomic E-state index is 10.7. The molecule has 3 N–H and O–H groups in total. The standard InChI is InChI=1S/C12H15NO3/c13-12(15)6-5-8-7-10(14)9-3-1-2-4-11(9)16-8/h1-4,8,10,14H,5-7H2,(H2,13,15). The quantitative estimate of drug-likeness (QED) is 0.803. The van der Waals surface area contributed by atoms with Crippen molar-refractivity contribution in [2.45, 2.75) is 31.5 Å². The summed E-state index contributed by atoms with van der Waals surface area (Å²) in [7, 11) is 0. The van der Waals surface area contributed by atoms with Gasteiger partial charge in [-0.3, -0.25) is 4.79 Å². The lowest BCUT2D eigenvalue weighted by Gasteiger charge is -2.29. The Labute approximate surface area is 94.0 Å². The number of rotatable bonds is 3. The maximum Gasteiger partial charge on any atom is 0.217 e. The Kier molecular flexibility index (Phi) is 3.10. The van der Waals surface area contributed by atoms with E-state index in [1.54, 1.807) is 0 Å². The fourth-order valence-electron chi connectivity index (χ4n) is 1.95. The van der Waals surface area contributed by atoms with E-state index in [0.29, 0.717) is 25.0 Å². The summed E-state index contributed by atoms with van der Waals surface area (Å²) in [6, 6.07) is 7.41. The molecule has 0 saturated heterocycles. The molecule has 2 atom stereocenters. The third-order valence-corrected chi connectivity index (χ3v) is 2.77. The predicted molar refractivity (Wildman–Crippen MR) is 58.9 cm³/mol. The van der Waals surface area contributed by atoms with Crippen molar-refractivity contribution in [3.63, 3.8) is 0 Å². The summed E-state index contributed by atoms with van der Waals surface area (Å²) >= 11 is 0. The lowest BCUT2D eigenvalue weighted by atomic mass is 9.97. The largest absolute Gasteiger partial charge is 0.490 e. The van der Waals surface area contributed by atoms with Crippen LogP contribution in [0.2, 0.25) is 0 Å². The zero-order valence-electron chi connectivity index (χ0n) is 8.93. The van der Waals surface area contributed by atoms with Gasteiger partial charge in [0.25, 0.3) is 0 Å². The molecule has 0 fully saturated rings. The van der Waals surface area contributed by atoms with Gasteiger partial charge in [-0.1, -0.05) is 18.2 Å². The fraction of sp³-hybridized carbons (Fsp3) is 0.417. The summed E-state index contributed by atoms with van der Waals surface area (Å²) in [6.07, 6.45) is 0.727. The molecule has 0 bridgehead atoms. The monoisotopic (exact) mass is 221 g/mol. The molecule has 0 radical (unpaired) electrons. The summed E-state index contributed by atoms with van der Waals surface area (Å²) in [6.45, 7) is 0. The van der Waals surface area contributed by atoms with Crippen LogP contribution in [0, 0.1) is 0 Å². The topological polar surface area (TPSA) is 72.6 Å². The first-order valence-corrected chi connectivity index (χ1v) is 5.39. The minimum atomic E-state index is -0.511. The Balaban J connectivity index is 2.06. The second-order valence-corrected chi connectivity index (χ2v) is 4.03.